The molecular weight excluding hydrogens is 953 g/mol. The van der Waals surface area contributed by atoms with E-state index in [0.717, 1.165) is 33.9 Å². The molecule has 79 heavy (non-hydrogen) atoms. The van der Waals surface area contributed by atoms with Crippen LogP contribution in [0.3, 0.4) is 0 Å². The van der Waals surface area contributed by atoms with Gasteiger partial charge in [-0.3, -0.25) is 0 Å². The molecule has 1 aromatic heterocycles. The van der Waals surface area contributed by atoms with Crippen molar-refractivity contribution in [2.75, 3.05) is 4.90 Å². The first-order valence-electron chi connectivity index (χ1n) is 27.4. The maximum absolute atomic E-state index is 2.49. The van der Waals surface area contributed by atoms with Crippen LogP contribution < -0.4 is 4.90 Å². The van der Waals surface area contributed by atoms with Crippen molar-refractivity contribution in [3.8, 4) is 72.4 Å². The van der Waals surface area contributed by atoms with Gasteiger partial charge in [-0.25, -0.2) is 0 Å². The van der Waals surface area contributed by atoms with Gasteiger partial charge in [0.1, 0.15) is 0 Å². The summed E-state index contributed by atoms with van der Waals surface area (Å²) in [6, 6.07) is 112. The van der Waals surface area contributed by atoms with Crippen LogP contribution in [0.15, 0.2) is 303 Å². The summed E-state index contributed by atoms with van der Waals surface area (Å²) < 4.78 is 2.41. The largest absolute Gasteiger partial charge is 0.310 e. The molecule has 16 rings (SSSR count). The van der Waals surface area contributed by atoms with Crippen molar-refractivity contribution in [2.24, 2.45) is 0 Å². The zero-order valence-electron chi connectivity index (χ0n) is 43.3. The molecule has 0 bridgehead atoms. The van der Waals surface area contributed by atoms with Crippen LogP contribution in [0, 0.1) is 0 Å². The van der Waals surface area contributed by atoms with Gasteiger partial charge in [-0.1, -0.05) is 218 Å². The van der Waals surface area contributed by atoms with Crippen LogP contribution in [0.25, 0.3) is 105 Å². The second-order valence-electron chi connectivity index (χ2n) is 21.2. The highest BCUT2D eigenvalue weighted by Crippen LogP contribution is 2.63. The second-order valence-corrected chi connectivity index (χ2v) is 21.2. The van der Waals surface area contributed by atoms with Crippen molar-refractivity contribution in [3.63, 3.8) is 0 Å². The van der Waals surface area contributed by atoms with Gasteiger partial charge in [-0.2, -0.15) is 0 Å². The number of aromatic nitrogens is 1. The molecule has 0 amide bonds. The lowest BCUT2D eigenvalue weighted by Gasteiger charge is -2.32. The van der Waals surface area contributed by atoms with Gasteiger partial charge in [0.2, 0.25) is 0 Å². The molecule has 1 spiro atoms. The summed E-state index contributed by atoms with van der Waals surface area (Å²) in [6.45, 7) is 0. The van der Waals surface area contributed by atoms with Gasteiger partial charge in [-0.15, -0.1) is 0 Å². The van der Waals surface area contributed by atoms with Gasteiger partial charge < -0.3 is 9.47 Å². The quantitative estimate of drug-likeness (QED) is 0.147. The normalized spacial score (nSPS) is 12.7. The van der Waals surface area contributed by atoms with Gasteiger partial charge in [-0.05, 0) is 185 Å². The van der Waals surface area contributed by atoms with E-state index in [4.69, 9.17) is 0 Å². The van der Waals surface area contributed by atoms with Crippen molar-refractivity contribution in [1.29, 1.82) is 0 Å². The van der Waals surface area contributed by atoms with Crippen molar-refractivity contribution >= 4 is 49.6 Å². The summed E-state index contributed by atoms with van der Waals surface area (Å²) in [5, 5.41) is 4.94. The Morgan fingerprint density at radius 2 is 0.722 bits per heavy atom. The third-order valence-electron chi connectivity index (χ3n) is 17.0. The van der Waals surface area contributed by atoms with Gasteiger partial charge in [0.05, 0.1) is 16.4 Å². The first-order chi connectivity index (χ1) is 39.2. The Balaban J connectivity index is 0.873. The summed E-state index contributed by atoms with van der Waals surface area (Å²) in [5.74, 6) is 0. The van der Waals surface area contributed by atoms with Crippen LogP contribution >= 0.6 is 0 Å². The Kier molecular flexibility index (Phi) is 10.2. The van der Waals surface area contributed by atoms with E-state index < -0.39 is 5.41 Å². The molecule has 0 N–H and O–H groups in total. The molecule has 1 heterocycles. The second kappa shape index (κ2) is 17.9. The first kappa shape index (κ1) is 45.0. The summed E-state index contributed by atoms with van der Waals surface area (Å²) >= 11 is 0. The first-order valence-corrected chi connectivity index (χ1v) is 27.4. The number of nitrogens with zero attached hydrogens (tertiary/aromatic N) is 2. The molecule has 0 radical (unpaired) electrons. The van der Waals surface area contributed by atoms with Crippen molar-refractivity contribution < 1.29 is 0 Å². The lowest BCUT2D eigenvalue weighted by Crippen LogP contribution is -2.26. The van der Waals surface area contributed by atoms with E-state index in [9.17, 15) is 0 Å². The molecular formula is C77H50N2. The molecule has 2 heteroatoms. The summed E-state index contributed by atoms with van der Waals surface area (Å²) in [4.78, 5) is 2.45. The molecule has 0 aliphatic heterocycles. The summed E-state index contributed by atoms with van der Waals surface area (Å²) in [6.07, 6.45) is 0. The smallest absolute Gasteiger partial charge is 0.0726 e. The number of hydrogen-bond donors (Lipinski definition) is 0. The SMILES string of the molecule is c1ccc(-c2ccc(N(c3ccc(-c4cc(-c5ccc6ccccc6c5)cc(-c5cccc6c5c5ccccc5n6-c5ccccc5)c4)cc3)c3ccc4c(c3)C3(c5ccccc5-c5ccccc53)c3ccccc3-4)cc2)cc1. The number of hydrogen-bond acceptors (Lipinski definition) is 1. The van der Waals surface area contributed by atoms with Crippen LogP contribution in [0.4, 0.5) is 17.1 Å². The number of anilines is 3. The monoisotopic (exact) mass is 1000 g/mol. The molecule has 2 aliphatic rings. The minimum Gasteiger partial charge on any atom is -0.310 e. The maximum Gasteiger partial charge on any atom is 0.0726 e. The third kappa shape index (κ3) is 6.98. The van der Waals surface area contributed by atoms with Crippen molar-refractivity contribution in [2.45, 2.75) is 5.41 Å². The molecule has 0 saturated heterocycles. The van der Waals surface area contributed by atoms with E-state index in [-0.39, 0.29) is 0 Å². The van der Waals surface area contributed by atoms with Gasteiger partial charge in [0, 0.05) is 33.5 Å². The average Bonchev–Trinajstić information content (AvgIpc) is 4.22. The van der Waals surface area contributed by atoms with Crippen molar-refractivity contribution in [3.05, 3.63) is 326 Å². The fourth-order valence-electron chi connectivity index (χ4n) is 13.5. The fourth-order valence-corrected chi connectivity index (χ4v) is 13.5. The Labute approximate surface area is 460 Å². The van der Waals surface area contributed by atoms with Crippen LogP contribution in [0.1, 0.15) is 22.3 Å². The molecule has 2 nitrogen and oxygen atoms in total. The van der Waals surface area contributed by atoms with E-state index >= 15 is 0 Å². The molecule has 0 atom stereocenters. The number of fused-ring (bicyclic) bond motifs is 14. The van der Waals surface area contributed by atoms with E-state index in [2.05, 4.69) is 313 Å². The fraction of sp³-hybridized carbons (Fsp3) is 0.0130. The average molecular weight is 1000 g/mol. The lowest BCUT2D eigenvalue weighted by molar-refractivity contribution is 0.793. The highest BCUT2D eigenvalue weighted by Gasteiger charge is 2.51. The Hall–Kier alpha value is -10.3. The summed E-state index contributed by atoms with van der Waals surface area (Å²) in [5.41, 5.74) is 26.3. The van der Waals surface area contributed by atoms with E-state index in [0.29, 0.717) is 0 Å². The van der Waals surface area contributed by atoms with E-state index in [1.165, 1.54) is 110 Å². The molecule has 2 aliphatic carbocycles. The minimum atomic E-state index is -0.462. The number of benzene rings is 13. The molecule has 0 unspecified atom stereocenters. The molecule has 0 saturated carbocycles. The Morgan fingerprint density at radius 3 is 1.39 bits per heavy atom. The zero-order chi connectivity index (χ0) is 52.0. The predicted molar refractivity (Wildman–Crippen MR) is 331 cm³/mol. The minimum absolute atomic E-state index is 0.462. The van der Waals surface area contributed by atoms with Crippen LogP contribution in [0.5, 0.6) is 0 Å². The Morgan fingerprint density at radius 1 is 0.253 bits per heavy atom. The molecule has 14 aromatic rings. The van der Waals surface area contributed by atoms with Crippen LogP contribution in [-0.4, -0.2) is 4.57 Å². The maximum atomic E-state index is 2.49. The van der Waals surface area contributed by atoms with E-state index in [1.54, 1.807) is 0 Å². The Bertz CT molecular complexity index is 4640. The zero-order valence-corrected chi connectivity index (χ0v) is 43.3. The van der Waals surface area contributed by atoms with Gasteiger partial charge in [0.15, 0.2) is 0 Å². The number of rotatable bonds is 8. The topological polar surface area (TPSA) is 8.17 Å². The van der Waals surface area contributed by atoms with Crippen LogP contribution in [-0.2, 0) is 5.41 Å². The molecule has 0 fully saturated rings. The third-order valence-corrected chi connectivity index (χ3v) is 17.0. The van der Waals surface area contributed by atoms with Gasteiger partial charge in [0.25, 0.3) is 0 Å². The van der Waals surface area contributed by atoms with Crippen LogP contribution in [0.2, 0.25) is 0 Å². The van der Waals surface area contributed by atoms with Gasteiger partial charge >= 0.3 is 0 Å². The predicted octanol–water partition coefficient (Wildman–Crippen LogP) is 20.4. The lowest BCUT2D eigenvalue weighted by atomic mass is 9.70. The van der Waals surface area contributed by atoms with Crippen molar-refractivity contribution in [1.82, 2.24) is 4.57 Å². The molecule has 13 aromatic carbocycles. The summed E-state index contributed by atoms with van der Waals surface area (Å²) in [7, 11) is 0. The number of para-hydroxylation sites is 2. The highest BCUT2D eigenvalue weighted by atomic mass is 15.1. The standard InChI is InChI=1S/C77H50N2/c1-3-18-51(19-4-1)53-36-40-61(41-37-53)78(63-44-45-68-67-26-11-15-31-72(67)77(73(68)50-63)70-29-13-9-24-65(70)66-25-10-14-30-71(66)77)62-42-38-54(39-43-62)57-47-58(56-35-34-52-20-7-8-21-55(52)46-56)49-59(48-57)64-28-17-33-75-76(64)69-27-12-16-32-74(69)79(75)60-22-5-2-6-23-60/h1-50H. The van der Waals surface area contributed by atoms with E-state index in [1.807, 2.05) is 0 Å². The molecule has 368 valence electrons. The highest BCUT2D eigenvalue weighted by molar-refractivity contribution is 6.16.